The van der Waals surface area contributed by atoms with Gasteiger partial charge in [0.15, 0.2) is 5.78 Å². The molecule has 1 heterocycles. The summed E-state index contributed by atoms with van der Waals surface area (Å²) in [5.41, 5.74) is 0.790. The molecule has 1 atom stereocenters. The molecule has 3 nitrogen and oxygen atoms in total. The van der Waals surface area contributed by atoms with Gasteiger partial charge in [-0.25, -0.2) is 0 Å². The van der Waals surface area contributed by atoms with E-state index in [2.05, 4.69) is 6.92 Å². The summed E-state index contributed by atoms with van der Waals surface area (Å²) in [6.07, 6.45) is 3.09. The fourth-order valence-electron chi connectivity index (χ4n) is 2.56. The number of thiophene rings is 1. The summed E-state index contributed by atoms with van der Waals surface area (Å²) in [6.45, 7) is 6.07. The Bertz CT molecular complexity index is 517. The Kier molecular flexibility index (Phi) is 4.63. The van der Waals surface area contributed by atoms with Crippen molar-refractivity contribution >= 4 is 23.0 Å². The first-order chi connectivity index (χ1) is 9.40. The lowest BCUT2D eigenvalue weighted by molar-refractivity contribution is -0.132. The van der Waals surface area contributed by atoms with Gasteiger partial charge >= 0.3 is 0 Å². The molecule has 110 valence electrons. The Morgan fingerprint density at radius 2 is 2.00 bits per heavy atom. The largest absolute Gasteiger partial charge is 0.343 e. The van der Waals surface area contributed by atoms with Crippen molar-refractivity contribution in [3.63, 3.8) is 0 Å². The summed E-state index contributed by atoms with van der Waals surface area (Å²) in [5.74, 6) is 0.844. The lowest BCUT2D eigenvalue weighted by Crippen LogP contribution is -2.36. The highest BCUT2D eigenvalue weighted by atomic mass is 32.1. The molecule has 0 aromatic carbocycles. The quantitative estimate of drug-likeness (QED) is 0.752. The summed E-state index contributed by atoms with van der Waals surface area (Å²) in [7, 11) is 1.86. The molecule has 1 aliphatic carbocycles. The molecule has 1 unspecified atom stereocenters. The van der Waals surface area contributed by atoms with Crippen LogP contribution in [0.15, 0.2) is 6.07 Å². The smallest absolute Gasteiger partial charge is 0.223 e. The highest BCUT2D eigenvalue weighted by Gasteiger charge is 2.32. The Morgan fingerprint density at radius 3 is 2.50 bits per heavy atom. The van der Waals surface area contributed by atoms with Crippen molar-refractivity contribution in [2.24, 2.45) is 5.92 Å². The Hall–Kier alpha value is -1.16. The summed E-state index contributed by atoms with van der Waals surface area (Å²) >= 11 is 1.64. The number of aryl methyl sites for hydroxylation is 2. The van der Waals surface area contributed by atoms with Gasteiger partial charge < -0.3 is 4.90 Å². The Balaban J connectivity index is 1.86. The molecule has 20 heavy (non-hydrogen) atoms. The van der Waals surface area contributed by atoms with E-state index in [4.69, 9.17) is 0 Å². The van der Waals surface area contributed by atoms with Gasteiger partial charge in [0, 0.05) is 41.2 Å². The maximum Gasteiger partial charge on any atom is 0.223 e. The number of hydrogen-bond acceptors (Lipinski definition) is 3. The molecule has 1 aromatic heterocycles. The molecule has 0 N–H and O–H groups in total. The van der Waals surface area contributed by atoms with Gasteiger partial charge in [-0.2, -0.15) is 0 Å². The Labute approximate surface area is 125 Å². The van der Waals surface area contributed by atoms with Gasteiger partial charge in [-0.3, -0.25) is 9.59 Å². The van der Waals surface area contributed by atoms with Crippen LogP contribution in [0, 0.1) is 19.8 Å². The van der Waals surface area contributed by atoms with Crippen molar-refractivity contribution in [1.82, 2.24) is 4.90 Å². The molecule has 0 bridgehead atoms. The number of nitrogens with zero attached hydrogens (tertiary/aromatic N) is 1. The predicted octanol–water partition coefficient (Wildman–Crippen LogP) is 3.58. The maximum absolute atomic E-state index is 12.2. The molecule has 0 saturated heterocycles. The molecule has 4 heteroatoms. The van der Waals surface area contributed by atoms with Crippen molar-refractivity contribution in [3.8, 4) is 0 Å². The number of amides is 1. The van der Waals surface area contributed by atoms with E-state index in [0.717, 1.165) is 15.3 Å². The molecule has 1 aliphatic rings. The number of rotatable bonds is 6. The van der Waals surface area contributed by atoms with Gasteiger partial charge in [-0.15, -0.1) is 11.3 Å². The van der Waals surface area contributed by atoms with Crippen LogP contribution in [0.3, 0.4) is 0 Å². The van der Waals surface area contributed by atoms with E-state index in [-0.39, 0.29) is 11.7 Å². The van der Waals surface area contributed by atoms with Crippen LogP contribution in [0.25, 0.3) is 0 Å². The van der Waals surface area contributed by atoms with Gasteiger partial charge in [-0.05, 0) is 45.6 Å². The van der Waals surface area contributed by atoms with E-state index >= 15 is 0 Å². The van der Waals surface area contributed by atoms with Crippen molar-refractivity contribution in [3.05, 3.63) is 21.4 Å². The molecule has 0 aliphatic heterocycles. The Morgan fingerprint density at radius 1 is 1.35 bits per heavy atom. The standard InChI is InChI=1S/C16H23NO2S/c1-10-9-14(12(3)20-10)15(18)7-8-16(19)17(4)11(2)13-5-6-13/h9,11,13H,5-8H2,1-4H3. The minimum absolute atomic E-state index is 0.0855. The van der Waals surface area contributed by atoms with Crippen LogP contribution in [0.5, 0.6) is 0 Å². The predicted molar refractivity (Wildman–Crippen MR) is 82.3 cm³/mol. The number of carbonyl (C=O) groups is 2. The lowest BCUT2D eigenvalue weighted by Gasteiger charge is -2.24. The van der Waals surface area contributed by atoms with Crippen molar-refractivity contribution in [1.29, 1.82) is 0 Å². The SMILES string of the molecule is Cc1cc(C(=O)CCC(=O)N(C)C(C)C2CC2)c(C)s1. The molecule has 1 saturated carbocycles. The number of hydrogen-bond donors (Lipinski definition) is 0. The number of ketones is 1. The molecule has 0 radical (unpaired) electrons. The van der Waals surface area contributed by atoms with Gasteiger partial charge in [0.2, 0.25) is 5.91 Å². The normalized spacial score (nSPS) is 16.0. The summed E-state index contributed by atoms with van der Waals surface area (Å²) in [4.78, 5) is 28.3. The highest BCUT2D eigenvalue weighted by Crippen LogP contribution is 2.34. The van der Waals surface area contributed by atoms with Crippen molar-refractivity contribution < 1.29 is 9.59 Å². The third-order valence-corrected chi connectivity index (χ3v) is 5.18. The maximum atomic E-state index is 12.2. The van der Waals surface area contributed by atoms with Crippen molar-refractivity contribution in [2.75, 3.05) is 7.05 Å². The summed E-state index contributed by atoms with van der Waals surface area (Å²) in [5, 5.41) is 0. The second-order valence-corrected chi connectivity index (χ2v) is 7.29. The van der Waals surface area contributed by atoms with E-state index in [1.54, 1.807) is 11.3 Å². The number of carbonyl (C=O) groups excluding carboxylic acids is 2. The third-order valence-electron chi connectivity index (χ3n) is 4.22. The minimum Gasteiger partial charge on any atom is -0.343 e. The molecule has 0 spiro atoms. The van der Waals surface area contributed by atoms with Crippen molar-refractivity contribution in [2.45, 2.75) is 52.5 Å². The fourth-order valence-corrected chi connectivity index (χ4v) is 3.50. The average Bonchev–Trinajstić information content (AvgIpc) is 3.19. The van der Waals surface area contributed by atoms with Crippen LogP contribution in [0.2, 0.25) is 0 Å². The zero-order chi connectivity index (χ0) is 14.9. The molecule has 1 fully saturated rings. The third kappa shape index (κ3) is 3.48. The second kappa shape index (κ2) is 6.08. The topological polar surface area (TPSA) is 37.4 Å². The van der Waals surface area contributed by atoms with Crippen LogP contribution in [0.4, 0.5) is 0 Å². The number of Topliss-reactive ketones (excluding diaryl/α,β-unsaturated/α-hetero) is 1. The zero-order valence-corrected chi connectivity index (χ0v) is 13.5. The van der Waals surface area contributed by atoms with Crippen LogP contribution in [0.1, 0.15) is 52.7 Å². The summed E-state index contributed by atoms with van der Waals surface area (Å²) in [6, 6.07) is 2.24. The monoisotopic (exact) mass is 293 g/mol. The van der Waals surface area contributed by atoms with E-state index in [1.165, 1.54) is 12.8 Å². The van der Waals surface area contributed by atoms with Gasteiger partial charge in [0.25, 0.3) is 0 Å². The van der Waals surface area contributed by atoms with Crippen LogP contribution < -0.4 is 0 Å². The van der Waals surface area contributed by atoms with Crippen LogP contribution >= 0.6 is 11.3 Å². The van der Waals surface area contributed by atoms with E-state index in [9.17, 15) is 9.59 Å². The fraction of sp³-hybridized carbons (Fsp3) is 0.625. The van der Waals surface area contributed by atoms with Gasteiger partial charge in [0.1, 0.15) is 0 Å². The van der Waals surface area contributed by atoms with E-state index in [1.807, 2.05) is 31.9 Å². The molecular formula is C16H23NO2S. The summed E-state index contributed by atoms with van der Waals surface area (Å²) < 4.78 is 0. The second-order valence-electron chi connectivity index (χ2n) is 5.83. The zero-order valence-electron chi connectivity index (χ0n) is 12.7. The first kappa shape index (κ1) is 15.2. The molecular weight excluding hydrogens is 270 g/mol. The van der Waals surface area contributed by atoms with E-state index in [0.29, 0.717) is 24.8 Å². The van der Waals surface area contributed by atoms with Gasteiger partial charge in [-0.1, -0.05) is 0 Å². The van der Waals surface area contributed by atoms with Crippen LogP contribution in [-0.2, 0) is 4.79 Å². The molecule has 1 amide bonds. The molecule has 1 aromatic rings. The minimum atomic E-state index is 0.0855. The first-order valence-electron chi connectivity index (χ1n) is 7.26. The first-order valence-corrected chi connectivity index (χ1v) is 8.07. The lowest BCUT2D eigenvalue weighted by atomic mass is 10.1. The van der Waals surface area contributed by atoms with Gasteiger partial charge in [0.05, 0.1) is 0 Å². The van der Waals surface area contributed by atoms with Crippen LogP contribution in [-0.4, -0.2) is 29.7 Å². The average molecular weight is 293 g/mol. The highest BCUT2D eigenvalue weighted by molar-refractivity contribution is 7.12. The molecule has 2 rings (SSSR count). The van der Waals surface area contributed by atoms with E-state index < -0.39 is 0 Å².